The predicted molar refractivity (Wildman–Crippen MR) is 66.7 cm³/mol. The van der Waals surface area contributed by atoms with E-state index in [2.05, 4.69) is 4.74 Å². The number of carbonyl (C=O) groups excluding carboxylic acids is 1. The monoisotopic (exact) mass is 292 g/mol. The smallest absolute Gasteiger partial charge is 0.422 e. The maximum absolute atomic E-state index is 11.8. The highest BCUT2D eigenvalue weighted by Crippen LogP contribution is 2.18. The van der Waals surface area contributed by atoms with Gasteiger partial charge in [0, 0.05) is 5.02 Å². The first-order valence-corrected chi connectivity index (χ1v) is 6.93. The highest BCUT2D eigenvalue weighted by molar-refractivity contribution is 7.89. The Labute approximate surface area is 110 Å². The molecule has 18 heavy (non-hydrogen) atoms. The van der Waals surface area contributed by atoms with E-state index in [1.807, 2.05) is 10.3 Å². The van der Waals surface area contributed by atoms with Crippen LogP contribution in [0.4, 0.5) is 4.79 Å². The van der Waals surface area contributed by atoms with Crippen LogP contribution in [-0.2, 0) is 14.8 Å². The second-order valence-electron chi connectivity index (χ2n) is 3.36. The predicted octanol–water partition coefficient (Wildman–Crippen LogP) is 1.59. The second kappa shape index (κ2) is 6.03. The maximum atomic E-state index is 11.8. The van der Waals surface area contributed by atoms with Gasteiger partial charge >= 0.3 is 6.09 Å². The van der Waals surface area contributed by atoms with Crippen LogP contribution in [0.2, 0.25) is 5.02 Å². The molecule has 1 aromatic rings. The summed E-state index contributed by atoms with van der Waals surface area (Å²) in [6.45, 7) is 3.36. The molecule has 0 atom stereocenters. The molecule has 2 N–H and O–H groups in total. The molecule has 6 nitrogen and oxygen atoms in total. The molecule has 0 spiro atoms. The lowest BCUT2D eigenvalue weighted by Gasteiger charge is -2.10. The van der Waals surface area contributed by atoms with E-state index in [1.165, 1.54) is 18.2 Å². The van der Waals surface area contributed by atoms with Crippen LogP contribution in [0.5, 0.6) is 0 Å². The summed E-state index contributed by atoms with van der Waals surface area (Å²) in [7, 11) is -3.84. The van der Waals surface area contributed by atoms with E-state index in [0.29, 0.717) is 10.6 Å². The molecule has 8 heteroatoms. The van der Waals surface area contributed by atoms with Gasteiger partial charge in [0.25, 0.3) is 10.0 Å². The molecule has 0 saturated carbocycles. The number of rotatable bonds is 4. The average Bonchev–Trinajstić information content (AvgIpc) is 2.26. The van der Waals surface area contributed by atoms with Crippen molar-refractivity contribution in [1.82, 2.24) is 10.3 Å². The van der Waals surface area contributed by atoms with E-state index >= 15 is 0 Å². The summed E-state index contributed by atoms with van der Waals surface area (Å²) in [4.78, 5) is 12.9. The zero-order valence-corrected chi connectivity index (χ0v) is 11.4. The molecular weight excluding hydrogens is 280 g/mol. The largest absolute Gasteiger partial charge is 0.449 e. The number of amides is 1. The van der Waals surface area contributed by atoms with Gasteiger partial charge in [0.15, 0.2) is 0 Å². The van der Waals surface area contributed by atoms with Gasteiger partial charge in [0.2, 0.25) is 0 Å². The molecule has 0 aliphatic heterocycles. The van der Waals surface area contributed by atoms with E-state index in [1.54, 1.807) is 13.8 Å². The van der Waals surface area contributed by atoms with E-state index in [4.69, 9.17) is 11.6 Å². The Morgan fingerprint density at radius 1 is 1.44 bits per heavy atom. The van der Waals surface area contributed by atoms with Gasteiger partial charge in [-0.2, -0.15) is 0 Å². The molecule has 100 valence electrons. The first-order valence-electron chi connectivity index (χ1n) is 5.07. The van der Waals surface area contributed by atoms with Crippen molar-refractivity contribution in [3.8, 4) is 0 Å². The number of aryl methyl sites for hydroxylation is 1. The fourth-order valence-electron chi connectivity index (χ4n) is 1.25. The van der Waals surface area contributed by atoms with Crippen molar-refractivity contribution in [2.75, 3.05) is 6.61 Å². The lowest BCUT2D eigenvalue weighted by molar-refractivity contribution is 0.150. The Balaban J connectivity index is 2.83. The van der Waals surface area contributed by atoms with Crippen molar-refractivity contribution in [3.05, 3.63) is 28.8 Å². The zero-order valence-electron chi connectivity index (χ0n) is 9.86. The first-order chi connectivity index (χ1) is 8.36. The fourth-order valence-corrected chi connectivity index (χ4v) is 2.53. The van der Waals surface area contributed by atoms with Crippen molar-refractivity contribution in [2.24, 2.45) is 0 Å². The number of carbonyl (C=O) groups is 1. The average molecular weight is 293 g/mol. The molecule has 0 radical (unpaired) electrons. The van der Waals surface area contributed by atoms with Gasteiger partial charge in [0.1, 0.15) is 0 Å². The Morgan fingerprint density at radius 2 is 2.11 bits per heavy atom. The van der Waals surface area contributed by atoms with Crippen LogP contribution in [-0.4, -0.2) is 21.1 Å². The Hall–Kier alpha value is -1.31. The van der Waals surface area contributed by atoms with Gasteiger partial charge < -0.3 is 4.74 Å². The third-order valence-corrected chi connectivity index (χ3v) is 3.63. The molecule has 0 aliphatic rings. The van der Waals surface area contributed by atoms with Crippen LogP contribution in [0.1, 0.15) is 12.5 Å². The standard InChI is InChI=1S/C10H13ClN2O4S/c1-3-17-10(14)12-13-18(15,16)9-5-4-8(11)6-7(9)2/h4-6,13H,3H2,1-2H3,(H,12,14). The number of halogens is 1. The van der Waals surface area contributed by atoms with Crippen molar-refractivity contribution in [1.29, 1.82) is 0 Å². The SMILES string of the molecule is CCOC(=O)NNS(=O)(=O)c1ccc(Cl)cc1C. The quantitative estimate of drug-likeness (QED) is 0.825. The molecule has 0 aromatic heterocycles. The summed E-state index contributed by atoms with van der Waals surface area (Å²) in [5, 5.41) is 0.435. The van der Waals surface area contributed by atoms with E-state index in [0.717, 1.165) is 0 Å². The fraction of sp³-hybridized carbons (Fsp3) is 0.300. The Kier molecular flexibility index (Phi) is 4.94. The van der Waals surface area contributed by atoms with Gasteiger partial charge in [0.05, 0.1) is 11.5 Å². The minimum atomic E-state index is -3.84. The minimum absolute atomic E-state index is 0.0312. The summed E-state index contributed by atoms with van der Waals surface area (Å²) in [5.74, 6) is 0. The normalized spacial score (nSPS) is 11.1. The molecule has 0 aliphatic carbocycles. The summed E-state index contributed by atoms with van der Waals surface area (Å²) >= 11 is 5.73. The summed E-state index contributed by atoms with van der Waals surface area (Å²) in [6.07, 6.45) is -0.868. The molecule has 0 fully saturated rings. The van der Waals surface area contributed by atoms with E-state index in [-0.39, 0.29) is 11.5 Å². The zero-order chi connectivity index (χ0) is 13.8. The third-order valence-electron chi connectivity index (χ3n) is 1.99. The van der Waals surface area contributed by atoms with Crippen LogP contribution in [0.3, 0.4) is 0 Å². The molecule has 1 aromatic carbocycles. The number of ether oxygens (including phenoxy) is 1. The summed E-state index contributed by atoms with van der Waals surface area (Å²) in [6, 6.07) is 4.32. The van der Waals surface area contributed by atoms with Gasteiger partial charge in [-0.05, 0) is 37.6 Å². The molecule has 0 unspecified atom stereocenters. The van der Waals surface area contributed by atoms with Crippen LogP contribution < -0.4 is 10.3 Å². The van der Waals surface area contributed by atoms with Crippen LogP contribution >= 0.6 is 11.6 Å². The lowest BCUT2D eigenvalue weighted by Crippen LogP contribution is -2.42. The third kappa shape index (κ3) is 3.86. The van der Waals surface area contributed by atoms with E-state index < -0.39 is 16.1 Å². The summed E-state index contributed by atoms with van der Waals surface area (Å²) in [5.41, 5.74) is 2.40. The first kappa shape index (κ1) is 14.7. The van der Waals surface area contributed by atoms with Gasteiger partial charge in [-0.1, -0.05) is 11.6 Å². The van der Waals surface area contributed by atoms with Gasteiger partial charge in [-0.25, -0.2) is 18.6 Å². The van der Waals surface area contributed by atoms with Gasteiger partial charge in [-0.15, -0.1) is 4.83 Å². The molecular formula is C10H13ClN2O4S. The number of benzene rings is 1. The Morgan fingerprint density at radius 3 is 2.67 bits per heavy atom. The van der Waals surface area contributed by atoms with Crippen molar-refractivity contribution >= 4 is 27.7 Å². The number of nitrogens with one attached hydrogen (secondary N) is 2. The molecule has 1 amide bonds. The van der Waals surface area contributed by atoms with Crippen molar-refractivity contribution in [3.63, 3.8) is 0 Å². The maximum Gasteiger partial charge on any atom is 0.422 e. The van der Waals surface area contributed by atoms with Crippen molar-refractivity contribution < 1.29 is 17.9 Å². The Bertz CT molecular complexity index is 545. The highest BCUT2D eigenvalue weighted by Gasteiger charge is 2.17. The van der Waals surface area contributed by atoms with Crippen LogP contribution in [0.15, 0.2) is 23.1 Å². The molecule has 0 saturated heterocycles. The van der Waals surface area contributed by atoms with E-state index in [9.17, 15) is 13.2 Å². The highest BCUT2D eigenvalue weighted by atomic mass is 35.5. The number of hydrazine groups is 1. The number of hydrogen-bond acceptors (Lipinski definition) is 4. The topological polar surface area (TPSA) is 84.5 Å². The van der Waals surface area contributed by atoms with Crippen LogP contribution in [0.25, 0.3) is 0 Å². The second-order valence-corrected chi connectivity index (χ2v) is 5.45. The van der Waals surface area contributed by atoms with Gasteiger partial charge in [-0.3, -0.25) is 0 Å². The molecule has 0 bridgehead atoms. The minimum Gasteiger partial charge on any atom is -0.449 e. The number of hydrogen-bond donors (Lipinski definition) is 2. The van der Waals surface area contributed by atoms with Crippen molar-refractivity contribution in [2.45, 2.75) is 18.7 Å². The molecule has 1 rings (SSSR count). The number of sulfonamides is 1. The summed E-state index contributed by atoms with van der Waals surface area (Å²) < 4.78 is 28.2. The lowest BCUT2D eigenvalue weighted by atomic mass is 10.2. The molecule has 0 heterocycles. The van der Waals surface area contributed by atoms with Crippen LogP contribution in [0, 0.1) is 6.92 Å².